The number of nitrogens with one attached hydrogen (secondary N) is 5. The van der Waals surface area contributed by atoms with Gasteiger partial charge in [0.2, 0.25) is 0 Å². The fourth-order valence-electron chi connectivity index (χ4n) is 5.15. The topological polar surface area (TPSA) is 127 Å². The largest absolute Gasteiger partial charge is 0.493 e. The van der Waals surface area contributed by atoms with Crippen LogP contribution in [0.5, 0.6) is 5.75 Å². The van der Waals surface area contributed by atoms with Crippen LogP contribution in [0.4, 0.5) is 18.2 Å². The van der Waals surface area contributed by atoms with Crippen molar-refractivity contribution in [2.45, 2.75) is 70.0 Å². The molecule has 15 heteroatoms. The number of carbonyl (C=O) groups excluding carboxylic acids is 1. The van der Waals surface area contributed by atoms with Crippen molar-refractivity contribution in [3.8, 4) is 16.9 Å². The minimum atomic E-state index is -4.38. The Labute approximate surface area is 260 Å². The second kappa shape index (κ2) is 12.9. The summed E-state index contributed by atoms with van der Waals surface area (Å²) < 4.78 is 44.3. The summed E-state index contributed by atoms with van der Waals surface area (Å²) >= 11 is 1.25. The Morgan fingerprint density at radius 3 is 1.80 bits per heavy atom. The summed E-state index contributed by atoms with van der Waals surface area (Å²) in [7, 11) is -6.11. The van der Waals surface area contributed by atoms with E-state index >= 15 is 0 Å². The zero-order valence-corrected chi connectivity index (χ0v) is 27.3. The number of hydrogen-bond donors (Lipinski definition) is 7. The normalized spacial score (nSPS) is 24.5. The van der Waals surface area contributed by atoms with Gasteiger partial charge in [-0.1, -0.05) is 24.3 Å². The first-order valence-electron chi connectivity index (χ1n) is 14.3. The van der Waals surface area contributed by atoms with E-state index in [-0.39, 0.29) is 43.0 Å². The molecule has 1 aromatic heterocycles. The van der Waals surface area contributed by atoms with Crippen LogP contribution < -0.4 is 30.4 Å². The van der Waals surface area contributed by atoms with Gasteiger partial charge < -0.3 is 10.1 Å². The van der Waals surface area contributed by atoms with Crippen LogP contribution in [-0.2, 0) is 6.18 Å². The molecule has 3 heterocycles. The van der Waals surface area contributed by atoms with E-state index in [0.717, 1.165) is 17.7 Å². The molecule has 0 amide bonds. The second-order valence-corrected chi connectivity index (χ2v) is 17.6. The smallest absolute Gasteiger partial charge is 0.416 e. The molecule has 2 aromatic carbocycles. The monoisotopic (exact) mass is 671 g/mol. The number of halogens is 3. The maximum absolute atomic E-state index is 13.0. The Morgan fingerprint density at radius 1 is 0.841 bits per heavy atom. The molecule has 44 heavy (non-hydrogen) atoms. The minimum absolute atomic E-state index is 0.00294. The van der Waals surface area contributed by atoms with Crippen molar-refractivity contribution < 1.29 is 32.5 Å². The summed E-state index contributed by atoms with van der Waals surface area (Å²) in [6, 6.07) is 15.4. The van der Waals surface area contributed by atoms with Crippen molar-refractivity contribution in [2.75, 3.05) is 11.9 Å². The molecule has 0 radical (unpaired) electrons. The van der Waals surface area contributed by atoms with Crippen molar-refractivity contribution in [1.29, 1.82) is 0 Å². The SMILES string of the molecule is C[C@@H]1N[P+](O)(C(Nc2ccc(C(=O)CCOc3ccc(-c4ccc(C(F)(F)F)cc4)cc3)s2)[P+]2(O)N[C@@H](C)[C@H](C)N2)N[C@H]1C. The number of thiophene rings is 1. The van der Waals surface area contributed by atoms with Crippen LogP contribution in [0.15, 0.2) is 60.7 Å². The molecule has 0 aliphatic carbocycles. The molecule has 9 nitrogen and oxygen atoms in total. The van der Waals surface area contributed by atoms with Gasteiger partial charge in [0.25, 0.3) is 0 Å². The maximum Gasteiger partial charge on any atom is 0.416 e. The Balaban J connectivity index is 1.19. The fourth-order valence-corrected chi connectivity index (χ4v) is 13.7. The van der Waals surface area contributed by atoms with Gasteiger partial charge in [0.05, 0.1) is 46.2 Å². The van der Waals surface area contributed by atoms with Crippen LogP contribution in [0, 0.1) is 0 Å². The van der Waals surface area contributed by atoms with Gasteiger partial charge in [0.15, 0.2) is 5.78 Å². The molecule has 2 aliphatic rings. The quantitative estimate of drug-likeness (QED) is 0.0992. The number of benzene rings is 2. The van der Waals surface area contributed by atoms with Crippen molar-refractivity contribution >= 4 is 37.7 Å². The second-order valence-electron chi connectivity index (χ2n) is 11.3. The van der Waals surface area contributed by atoms with Crippen LogP contribution in [0.1, 0.15) is 49.4 Å². The van der Waals surface area contributed by atoms with Gasteiger partial charge in [-0.25, -0.2) is 9.79 Å². The van der Waals surface area contributed by atoms with E-state index < -0.39 is 32.8 Å². The molecule has 4 atom stereocenters. The molecule has 2 saturated heterocycles. The molecule has 2 aliphatic heterocycles. The van der Waals surface area contributed by atoms with E-state index in [0.29, 0.717) is 21.2 Å². The first-order valence-corrected chi connectivity index (χ1v) is 18.7. The van der Waals surface area contributed by atoms with E-state index in [1.54, 1.807) is 36.4 Å². The molecule has 5 rings (SSSR count). The zero-order valence-electron chi connectivity index (χ0n) is 24.7. The van der Waals surface area contributed by atoms with E-state index in [2.05, 4.69) is 25.7 Å². The summed E-state index contributed by atoms with van der Waals surface area (Å²) in [5, 5.41) is 17.1. The highest BCUT2D eigenvalue weighted by Crippen LogP contribution is 2.72. The number of alkyl halides is 3. The van der Waals surface area contributed by atoms with Crippen LogP contribution in [-0.4, -0.2) is 51.9 Å². The first-order chi connectivity index (χ1) is 20.7. The third kappa shape index (κ3) is 7.28. The molecule has 0 spiro atoms. The Bertz CT molecular complexity index is 1410. The van der Waals surface area contributed by atoms with Gasteiger partial charge in [-0.3, -0.25) is 4.79 Å². The highest BCUT2D eigenvalue weighted by molar-refractivity contribution is 7.84. The number of anilines is 1. The lowest BCUT2D eigenvalue weighted by Crippen LogP contribution is -2.41. The summed E-state index contributed by atoms with van der Waals surface area (Å²) in [5.41, 5.74) is -0.0573. The molecular weight excluding hydrogens is 633 g/mol. The Morgan fingerprint density at radius 2 is 1.32 bits per heavy atom. The van der Waals surface area contributed by atoms with Crippen molar-refractivity contribution in [3.05, 3.63) is 71.1 Å². The molecule has 3 aromatic rings. The van der Waals surface area contributed by atoms with Crippen LogP contribution >= 0.6 is 26.9 Å². The number of ether oxygens (including phenoxy) is 1. The Hall–Kier alpha value is -2.18. The summed E-state index contributed by atoms with van der Waals surface area (Å²) in [6.07, 6.45) is -4.25. The molecular formula is C29H38F3N5O4P2S+2. The van der Waals surface area contributed by atoms with Crippen molar-refractivity contribution in [1.82, 2.24) is 20.3 Å². The average molecular weight is 672 g/mol. The van der Waals surface area contributed by atoms with Gasteiger partial charge in [0.1, 0.15) is 5.75 Å². The average Bonchev–Trinajstić information content (AvgIpc) is 3.62. The lowest BCUT2D eigenvalue weighted by atomic mass is 10.0. The van der Waals surface area contributed by atoms with Crippen LogP contribution in [0.25, 0.3) is 11.1 Å². The molecule has 0 unspecified atom stereocenters. The number of carbonyl (C=O) groups is 1. The van der Waals surface area contributed by atoms with E-state index in [9.17, 15) is 27.8 Å². The third-order valence-corrected chi connectivity index (χ3v) is 15.9. The third-order valence-electron chi connectivity index (χ3n) is 7.96. The van der Waals surface area contributed by atoms with Crippen molar-refractivity contribution in [2.24, 2.45) is 0 Å². The standard InChI is InChI=1S/C29H37F3N5O4P2S/c1-17-18(2)35-42(39,34-17)28(43(40)36-19(3)20(4)37-43)33-27-14-13-26(44-27)25(38)15-16-41-24-11-7-22(8-12-24)21-5-9-23(10-6-21)29(30,31)32/h5-14,17-20,28,34-37,39-40H,15-16H2,1-4H3/q+1/p+1/t17-,18-,19-,20-/m0/s1. The summed E-state index contributed by atoms with van der Waals surface area (Å²) in [6.45, 7) is 8.06. The van der Waals surface area contributed by atoms with E-state index in [1.807, 2.05) is 27.7 Å². The minimum Gasteiger partial charge on any atom is -0.493 e. The molecule has 0 bridgehead atoms. The number of Topliss-reactive ketones (excluding diaryl/α,β-unsaturated/α-hetero) is 1. The lowest BCUT2D eigenvalue weighted by molar-refractivity contribution is -0.137. The number of rotatable bonds is 10. The predicted octanol–water partition coefficient (Wildman–Crippen LogP) is 6.23. The molecule has 7 N–H and O–H groups in total. The number of ketones is 1. The highest BCUT2D eigenvalue weighted by Gasteiger charge is 2.71. The van der Waals surface area contributed by atoms with Gasteiger partial charge in [-0.05, 0) is 75.2 Å². The number of hydrogen-bond acceptors (Lipinski definition) is 10. The van der Waals surface area contributed by atoms with Gasteiger partial charge in [-0.2, -0.15) is 13.2 Å². The molecule has 2 fully saturated rings. The van der Waals surface area contributed by atoms with Crippen molar-refractivity contribution in [3.63, 3.8) is 0 Å². The van der Waals surface area contributed by atoms with E-state index in [1.165, 1.54) is 23.5 Å². The van der Waals surface area contributed by atoms with E-state index in [4.69, 9.17) is 4.74 Å². The van der Waals surface area contributed by atoms with Gasteiger partial charge >= 0.3 is 27.3 Å². The fraction of sp³-hybridized carbons (Fsp3) is 0.414. The zero-order chi connectivity index (χ0) is 31.9. The Kier molecular flexibility index (Phi) is 9.73. The van der Waals surface area contributed by atoms with Crippen LogP contribution in [0.2, 0.25) is 0 Å². The maximum atomic E-state index is 13.0. The van der Waals surface area contributed by atoms with Gasteiger partial charge in [0, 0.05) is 6.42 Å². The highest BCUT2D eigenvalue weighted by atomic mass is 32.1. The first kappa shape index (κ1) is 33.2. The summed E-state index contributed by atoms with van der Waals surface area (Å²) in [5.74, 6) is 0.431. The van der Waals surface area contributed by atoms with Gasteiger partial charge in [-0.15, -0.1) is 31.7 Å². The molecule has 0 saturated carbocycles. The predicted molar refractivity (Wildman–Crippen MR) is 172 cm³/mol. The van der Waals surface area contributed by atoms with Crippen LogP contribution in [0.3, 0.4) is 0 Å². The lowest BCUT2D eigenvalue weighted by Gasteiger charge is -2.28. The molecule has 238 valence electrons. The summed E-state index contributed by atoms with van der Waals surface area (Å²) in [4.78, 5) is 36.9.